The number of para-hydroxylation sites is 2. The van der Waals surface area contributed by atoms with Crippen molar-refractivity contribution in [1.82, 2.24) is 13.8 Å². The fraction of sp³-hybridized carbons (Fsp3) is 0. The summed E-state index contributed by atoms with van der Waals surface area (Å²) < 4.78 is 4.22. The minimum Gasteiger partial charge on any atom is -0.308 e. The van der Waals surface area contributed by atoms with Crippen molar-refractivity contribution < 1.29 is 0 Å². The van der Waals surface area contributed by atoms with E-state index in [4.69, 9.17) is 4.98 Å². The van der Waals surface area contributed by atoms with Crippen LogP contribution in [0.25, 0.3) is 87.8 Å². The number of hydrogen-bond acceptors (Lipinski definition) is 2. The molecule has 4 nitrogen and oxygen atoms in total. The first-order valence-corrected chi connectivity index (χ1v) is 14.2. The molecule has 0 radical (unpaired) electrons. The van der Waals surface area contributed by atoms with E-state index in [2.05, 4.69) is 83.3 Å². The van der Waals surface area contributed by atoms with E-state index < -0.39 is 0 Å². The Morgan fingerprint density at radius 2 is 1.17 bits per heavy atom. The minimum absolute atomic E-state index is 0.0385. The molecule has 0 bridgehead atoms. The zero-order chi connectivity index (χ0) is 27.5. The highest BCUT2D eigenvalue weighted by Crippen LogP contribution is 2.42. The summed E-state index contributed by atoms with van der Waals surface area (Å²) in [5.74, 6) is 0.676. The summed E-state index contributed by atoms with van der Waals surface area (Å²) in [7, 11) is 0. The molecule has 0 fully saturated rings. The lowest BCUT2D eigenvalue weighted by Crippen LogP contribution is -2.14. The Bertz CT molecular complexity index is 2750. The second-order valence-electron chi connectivity index (χ2n) is 11.1. The van der Waals surface area contributed by atoms with E-state index in [0.29, 0.717) is 11.2 Å². The molecule has 42 heavy (non-hydrogen) atoms. The Labute approximate surface area is 239 Å². The van der Waals surface area contributed by atoms with Crippen molar-refractivity contribution in [1.29, 1.82) is 0 Å². The molecule has 0 spiro atoms. The molecule has 0 aliphatic rings. The van der Waals surface area contributed by atoms with Crippen molar-refractivity contribution in [3.63, 3.8) is 0 Å². The standard InChI is InChI=1S/C38H21N3O/c42-38-29-13-5-4-12-26(29)34-24(18-19-31-36(34)41(38)37(39-31)22-9-2-1-3-10-22)23-17-20-33-30(21-23)28-15-8-14-27-25-11-6-7-16-32(25)40(33)35(27)28/h1-21H. The number of fused-ring (bicyclic) bond motifs is 8. The van der Waals surface area contributed by atoms with Crippen LogP contribution < -0.4 is 5.56 Å². The van der Waals surface area contributed by atoms with Gasteiger partial charge in [0.2, 0.25) is 0 Å². The molecule has 0 unspecified atom stereocenters. The average molecular weight is 536 g/mol. The van der Waals surface area contributed by atoms with Crippen LogP contribution in [0.5, 0.6) is 0 Å². The zero-order valence-corrected chi connectivity index (χ0v) is 22.4. The molecule has 0 atom stereocenters. The lowest BCUT2D eigenvalue weighted by atomic mass is 9.95. The number of benzene rings is 6. The fourth-order valence-electron chi connectivity index (χ4n) is 7.27. The Balaban J connectivity index is 1.34. The third-order valence-corrected chi connectivity index (χ3v) is 9.01. The smallest absolute Gasteiger partial charge is 0.264 e. The van der Waals surface area contributed by atoms with Gasteiger partial charge >= 0.3 is 0 Å². The molecule has 6 aromatic carbocycles. The second-order valence-corrected chi connectivity index (χ2v) is 11.1. The molecule has 4 heterocycles. The van der Waals surface area contributed by atoms with E-state index >= 15 is 0 Å². The molecule has 0 aliphatic carbocycles. The van der Waals surface area contributed by atoms with Crippen LogP contribution in [0.1, 0.15) is 0 Å². The van der Waals surface area contributed by atoms with Crippen molar-refractivity contribution in [2.75, 3.05) is 0 Å². The number of hydrogen-bond donors (Lipinski definition) is 0. The molecule has 10 aromatic rings. The Morgan fingerprint density at radius 3 is 2.02 bits per heavy atom. The van der Waals surface area contributed by atoms with Crippen LogP contribution in [-0.2, 0) is 0 Å². The molecule has 4 heteroatoms. The molecular weight excluding hydrogens is 514 g/mol. The number of pyridine rings is 1. The van der Waals surface area contributed by atoms with Gasteiger partial charge in [0.1, 0.15) is 5.82 Å². The van der Waals surface area contributed by atoms with Gasteiger partial charge in [-0.1, -0.05) is 97.1 Å². The van der Waals surface area contributed by atoms with Gasteiger partial charge in [0.05, 0.1) is 27.6 Å². The summed E-state index contributed by atoms with van der Waals surface area (Å²) in [6.45, 7) is 0. The Morgan fingerprint density at radius 1 is 0.476 bits per heavy atom. The lowest BCUT2D eigenvalue weighted by molar-refractivity contribution is 1.13. The summed E-state index contributed by atoms with van der Waals surface area (Å²) in [5, 5.41) is 7.74. The lowest BCUT2D eigenvalue weighted by Gasteiger charge is -2.12. The quantitative estimate of drug-likeness (QED) is 0.207. The van der Waals surface area contributed by atoms with E-state index in [-0.39, 0.29) is 5.56 Å². The maximum Gasteiger partial charge on any atom is 0.264 e. The van der Waals surface area contributed by atoms with Crippen LogP contribution in [0.4, 0.5) is 0 Å². The van der Waals surface area contributed by atoms with Crippen LogP contribution >= 0.6 is 0 Å². The van der Waals surface area contributed by atoms with Gasteiger partial charge in [-0.05, 0) is 46.8 Å². The van der Waals surface area contributed by atoms with Gasteiger partial charge in [0.15, 0.2) is 0 Å². The number of rotatable bonds is 2. The third-order valence-electron chi connectivity index (χ3n) is 9.01. The summed E-state index contributed by atoms with van der Waals surface area (Å²) in [5.41, 5.74) is 8.50. The fourth-order valence-corrected chi connectivity index (χ4v) is 7.27. The maximum atomic E-state index is 14.0. The predicted octanol–water partition coefficient (Wildman–Crippen LogP) is 8.92. The highest BCUT2D eigenvalue weighted by molar-refractivity contribution is 6.24. The van der Waals surface area contributed by atoms with Crippen LogP contribution in [0, 0.1) is 0 Å². The van der Waals surface area contributed by atoms with E-state index in [0.717, 1.165) is 38.5 Å². The molecule has 0 N–H and O–H groups in total. The molecule has 4 aromatic heterocycles. The van der Waals surface area contributed by atoms with Crippen LogP contribution in [0.2, 0.25) is 0 Å². The van der Waals surface area contributed by atoms with Gasteiger partial charge in [-0.25, -0.2) is 4.98 Å². The van der Waals surface area contributed by atoms with Crippen molar-refractivity contribution in [3.8, 4) is 22.5 Å². The minimum atomic E-state index is -0.0385. The van der Waals surface area contributed by atoms with Crippen molar-refractivity contribution in [2.24, 2.45) is 0 Å². The summed E-state index contributed by atoms with van der Waals surface area (Å²) >= 11 is 0. The average Bonchev–Trinajstić information content (AvgIpc) is 3.71. The first-order valence-electron chi connectivity index (χ1n) is 14.2. The molecule has 0 saturated carbocycles. The topological polar surface area (TPSA) is 38.8 Å². The number of nitrogens with zero attached hydrogens (tertiary/aromatic N) is 3. The van der Waals surface area contributed by atoms with Gasteiger partial charge in [-0.3, -0.25) is 9.20 Å². The molecule has 0 aliphatic heterocycles. The molecule has 0 saturated heterocycles. The van der Waals surface area contributed by atoms with Crippen LogP contribution in [0.15, 0.2) is 132 Å². The van der Waals surface area contributed by atoms with E-state index in [1.54, 1.807) is 0 Å². The number of imidazole rings is 1. The Hall–Kier alpha value is -5.74. The summed E-state index contributed by atoms with van der Waals surface area (Å²) in [4.78, 5) is 19.0. The van der Waals surface area contributed by atoms with Crippen LogP contribution in [-0.4, -0.2) is 13.8 Å². The maximum absolute atomic E-state index is 14.0. The molecule has 0 amide bonds. The third kappa shape index (κ3) is 2.62. The van der Waals surface area contributed by atoms with Gasteiger partial charge in [0, 0.05) is 37.9 Å². The van der Waals surface area contributed by atoms with Crippen molar-refractivity contribution in [3.05, 3.63) is 138 Å². The SMILES string of the molecule is O=c1c2ccccc2c2c(-c3ccc4c(c3)c3cccc5c6ccccc6n4c53)ccc3nc(-c4ccccc4)n1c32. The molecule has 10 rings (SSSR count). The van der Waals surface area contributed by atoms with E-state index in [1.807, 2.05) is 52.9 Å². The molecular formula is C38H21N3O. The molecule has 194 valence electrons. The van der Waals surface area contributed by atoms with Crippen molar-refractivity contribution >= 4 is 65.3 Å². The zero-order valence-electron chi connectivity index (χ0n) is 22.4. The predicted molar refractivity (Wildman–Crippen MR) is 173 cm³/mol. The first kappa shape index (κ1) is 22.0. The number of aromatic nitrogens is 3. The van der Waals surface area contributed by atoms with Gasteiger partial charge < -0.3 is 4.40 Å². The van der Waals surface area contributed by atoms with E-state index in [9.17, 15) is 4.79 Å². The second kappa shape index (κ2) is 7.71. The largest absolute Gasteiger partial charge is 0.308 e. The summed E-state index contributed by atoms with van der Waals surface area (Å²) in [6, 6.07) is 44.2. The van der Waals surface area contributed by atoms with E-state index in [1.165, 1.54) is 38.1 Å². The summed E-state index contributed by atoms with van der Waals surface area (Å²) in [6.07, 6.45) is 0. The Kier molecular flexibility index (Phi) is 4.04. The normalized spacial score (nSPS) is 12.4. The van der Waals surface area contributed by atoms with Gasteiger partial charge in [-0.2, -0.15) is 0 Å². The highest BCUT2D eigenvalue weighted by Gasteiger charge is 2.22. The van der Waals surface area contributed by atoms with Crippen LogP contribution in [0.3, 0.4) is 0 Å². The first-order chi connectivity index (χ1) is 20.8. The van der Waals surface area contributed by atoms with Gasteiger partial charge in [-0.15, -0.1) is 0 Å². The van der Waals surface area contributed by atoms with Gasteiger partial charge in [0.25, 0.3) is 5.56 Å². The highest BCUT2D eigenvalue weighted by atomic mass is 16.1. The van der Waals surface area contributed by atoms with Crippen molar-refractivity contribution in [2.45, 2.75) is 0 Å². The monoisotopic (exact) mass is 535 g/mol.